The minimum atomic E-state index is -4.58. The summed E-state index contributed by atoms with van der Waals surface area (Å²) in [5, 5.41) is 13.4. The second-order valence-electron chi connectivity index (χ2n) is 8.25. The van der Waals surface area contributed by atoms with Gasteiger partial charge in [0.2, 0.25) is 11.9 Å². The van der Waals surface area contributed by atoms with E-state index >= 15 is 0 Å². The van der Waals surface area contributed by atoms with E-state index in [2.05, 4.69) is 15.3 Å². The highest BCUT2D eigenvalue weighted by Crippen LogP contribution is 2.39. The van der Waals surface area contributed by atoms with Crippen molar-refractivity contribution in [1.29, 1.82) is 0 Å². The van der Waals surface area contributed by atoms with Gasteiger partial charge in [-0.1, -0.05) is 30.3 Å². The van der Waals surface area contributed by atoms with Crippen LogP contribution in [0.3, 0.4) is 0 Å². The van der Waals surface area contributed by atoms with Crippen LogP contribution in [0.5, 0.6) is 0 Å². The summed E-state index contributed by atoms with van der Waals surface area (Å²) < 4.78 is 41.7. The maximum absolute atomic E-state index is 13.4. The van der Waals surface area contributed by atoms with E-state index in [4.69, 9.17) is 0 Å². The molecule has 1 atom stereocenters. The van der Waals surface area contributed by atoms with E-state index in [0.717, 1.165) is 19.3 Å². The van der Waals surface area contributed by atoms with Crippen LogP contribution in [0.25, 0.3) is 11.2 Å². The Hall–Kier alpha value is -2.94. The number of benzene rings is 1. The maximum atomic E-state index is 13.4. The van der Waals surface area contributed by atoms with Crippen molar-refractivity contribution in [2.75, 3.05) is 5.32 Å². The quantitative estimate of drug-likeness (QED) is 0.611. The number of nitrogens with one attached hydrogen (secondary N) is 1. The van der Waals surface area contributed by atoms with Crippen LogP contribution in [-0.2, 0) is 16.6 Å². The first-order chi connectivity index (χ1) is 14.6. The predicted molar refractivity (Wildman–Crippen MR) is 109 cm³/mol. The molecule has 2 N–H and O–H groups in total. The van der Waals surface area contributed by atoms with Crippen LogP contribution in [-0.4, -0.2) is 25.5 Å². The van der Waals surface area contributed by atoms with E-state index in [1.807, 2.05) is 6.07 Å². The van der Waals surface area contributed by atoms with Crippen LogP contribution >= 0.6 is 0 Å². The number of aryl methyl sites for hydroxylation is 1. The fourth-order valence-electron chi connectivity index (χ4n) is 3.86. The van der Waals surface area contributed by atoms with Crippen LogP contribution in [0.1, 0.15) is 55.5 Å². The molecule has 164 valence electrons. The molecule has 9 heteroatoms. The minimum absolute atomic E-state index is 0.0249. The number of fused-ring (bicyclic) bond motifs is 1. The molecule has 1 aliphatic carbocycles. The van der Waals surface area contributed by atoms with Gasteiger partial charge in [-0.2, -0.15) is 13.2 Å². The fourth-order valence-corrected chi connectivity index (χ4v) is 3.86. The van der Waals surface area contributed by atoms with Gasteiger partial charge in [-0.05, 0) is 50.3 Å². The Bertz CT molecular complexity index is 1120. The highest BCUT2D eigenvalue weighted by Gasteiger charge is 2.36. The van der Waals surface area contributed by atoms with Crippen molar-refractivity contribution in [3.05, 3.63) is 53.2 Å². The number of pyridine rings is 1. The first-order valence-corrected chi connectivity index (χ1v) is 10.1. The lowest BCUT2D eigenvalue weighted by molar-refractivity contribution is -0.141. The average Bonchev–Trinajstić information content (AvgIpc) is 2.95. The Kier molecular flexibility index (Phi) is 5.25. The van der Waals surface area contributed by atoms with Gasteiger partial charge in [0.15, 0.2) is 5.65 Å². The number of aliphatic hydroxyl groups is 1. The molecule has 0 saturated heterocycles. The molecule has 1 aromatic carbocycles. The summed E-state index contributed by atoms with van der Waals surface area (Å²) >= 11 is 0. The number of halogens is 3. The number of hydrogen-bond donors (Lipinski definition) is 2. The molecule has 0 unspecified atom stereocenters. The molecule has 0 spiro atoms. The molecule has 3 aromatic rings. The molecule has 6 nitrogen and oxygen atoms in total. The summed E-state index contributed by atoms with van der Waals surface area (Å²) in [4.78, 5) is 21.0. The van der Waals surface area contributed by atoms with Crippen LogP contribution in [0.15, 0.2) is 36.4 Å². The lowest BCUT2D eigenvalue weighted by atomic mass is 9.92. The standard InChI is InChI=1S/C22H23F3N4O2/c1-13-11-16-19(28-18(13)22(23,24)25)29(15-9-6-10-15)20(26-16)27-17(30)12-21(2,31)14-7-4-3-5-8-14/h3-5,7-8,11,15,31H,6,9-10,12H2,1-2H3,(H,26,27,30)/t21-/m0/s1. The van der Waals surface area contributed by atoms with Gasteiger partial charge in [0.1, 0.15) is 11.2 Å². The molecule has 4 rings (SSSR count). The van der Waals surface area contributed by atoms with Crippen molar-refractivity contribution in [2.45, 2.75) is 57.3 Å². The zero-order valence-corrected chi connectivity index (χ0v) is 17.2. The second-order valence-corrected chi connectivity index (χ2v) is 8.25. The number of carbonyl (C=O) groups excluding carboxylic acids is 1. The lowest BCUT2D eigenvalue weighted by Crippen LogP contribution is -2.30. The van der Waals surface area contributed by atoms with Gasteiger partial charge >= 0.3 is 6.18 Å². The van der Waals surface area contributed by atoms with Gasteiger partial charge in [0.25, 0.3) is 0 Å². The van der Waals surface area contributed by atoms with Crippen LogP contribution in [0.4, 0.5) is 19.1 Å². The van der Waals surface area contributed by atoms with E-state index in [0.29, 0.717) is 11.1 Å². The van der Waals surface area contributed by atoms with Crippen molar-refractivity contribution in [2.24, 2.45) is 0 Å². The molecular weight excluding hydrogens is 409 g/mol. The second kappa shape index (κ2) is 7.64. The van der Waals surface area contributed by atoms with Crippen LogP contribution in [0.2, 0.25) is 0 Å². The van der Waals surface area contributed by atoms with Gasteiger partial charge in [-0.25, -0.2) is 9.97 Å². The first kappa shape index (κ1) is 21.3. The number of alkyl halides is 3. The molecule has 0 aliphatic heterocycles. The molecule has 31 heavy (non-hydrogen) atoms. The number of aromatic nitrogens is 3. The number of carbonyl (C=O) groups is 1. The van der Waals surface area contributed by atoms with Gasteiger partial charge < -0.3 is 5.11 Å². The fraction of sp³-hybridized carbons (Fsp3) is 0.409. The van der Waals surface area contributed by atoms with E-state index in [1.54, 1.807) is 28.8 Å². The number of amides is 1. The molecule has 0 radical (unpaired) electrons. The SMILES string of the molecule is Cc1cc2nc(NC(=O)C[C@](C)(O)c3ccccc3)n(C3CCC3)c2nc1C(F)(F)F. The van der Waals surface area contributed by atoms with E-state index in [1.165, 1.54) is 19.9 Å². The summed E-state index contributed by atoms with van der Waals surface area (Å²) in [5.74, 6) is -0.336. The lowest BCUT2D eigenvalue weighted by Gasteiger charge is -2.29. The third-order valence-corrected chi connectivity index (χ3v) is 5.72. The third kappa shape index (κ3) is 4.14. The zero-order chi connectivity index (χ0) is 22.4. The molecule has 1 fully saturated rings. The summed E-state index contributed by atoms with van der Waals surface area (Å²) in [6.07, 6.45) is -2.33. The minimum Gasteiger partial charge on any atom is -0.385 e. The van der Waals surface area contributed by atoms with Crippen LogP contribution in [0, 0.1) is 6.92 Å². The number of hydrogen-bond acceptors (Lipinski definition) is 4. The number of rotatable bonds is 5. The zero-order valence-electron chi connectivity index (χ0n) is 17.2. The van der Waals surface area contributed by atoms with E-state index < -0.39 is 23.4 Å². The normalized spacial score (nSPS) is 16.7. The average molecular weight is 432 g/mol. The van der Waals surface area contributed by atoms with Crippen molar-refractivity contribution < 1.29 is 23.1 Å². The Morgan fingerprint density at radius 3 is 2.48 bits per heavy atom. The van der Waals surface area contributed by atoms with Crippen molar-refractivity contribution in [3.63, 3.8) is 0 Å². The molecule has 1 aliphatic rings. The highest BCUT2D eigenvalue weighted by molar-refractivity contribution is 5.92. The monoisotopic (exact) mass is 432 g/mol. The number of imidazole rings is 1. The summed E-state index contributed by atoms with van der Waals surface area (Å²) in [5.41, 5.74) is -1.40. The Balaban J connectivity index is 1.68. The van der Waals surface area contributed by atoms with E-state index in [-0.39, 0.29) is 29.6 Å². The molecule has 0 bridgehead atoms. The third-order valence-electron chi connectivity index (χ3n) is 5.72. The first-order valence-electron chi connectivity index (χ1n) is 10.1. The number of anilines is 1. The summed E-state index contributed by atoms with van der Waals surface area (Å²) in [6, 6.07) is 10.1. The van der Waals surface area contributed by atoms with Crippen molar-refractivity contribution >= 4 is 23.0 Å². The predicted octanol–water partition coefficient (Wildman–Crippen LogP) is 4.72. The summed E-state index contributed by atoms with van der Waals surface area (Å²) in [6.45, 7) is 2.88. The smallest absolute Gasteiger partial charge is 0.385 e. The molecule has 1 amide bonds. The van der Waals surface area contributed by atoms with Crippen molar-refractivity contribution in [1.82, 2.24) is 14.5 Å². The van der Waals surface area contributed by atoms with Gasteiger partial charge in [0.05, 0.1) is 12.0 Å². The molecular formula is C22H23F3N4O2. The van der Waals surface area contributed by atoms with Gasteiger partial charge in [-0.15, -0.1) is 0 Å². The Labute approximate surface area is 177 Å². The molecule has 2 heterocycles. The van der Waals surface area contributed by atoms with Gasteiger partial charge in [0, 0.05) is 6.04 Å². The highest BCUT2D eigenvalue weighted by atomic mass is 19.4. The van der Waals surface area contributed by atoms with Gasteiger partial charge in [-0.3, -0.25) is 14.7 Å². The van der Waals surface area contributed by atoms with Crippen LogP contribution < -0.4 is 5.32 Å². The molecule has 2 aromatic heterocycles. The number of nitrogens with zero attached hydrogens (tertiary/aromatic N) is 3. The molecule has 1 saturated carbocycles. The summed E-state index contributed by atoms with van der Waals surface area (Å²) in [7, 11) is 0. The largest absolute Gasteiger partial charge is 0.433 e. The topological polar surface area (TPSA) is 80.0 Å². The maximum Gasteiger partial charge on any atom is 0.433 e. The Morgan fingerprint density at radius 2 is 1.90 bits per heavy atom. The van der Waals surface area contributed by atoms with Crippen molar-refractivity contribution in [3.8, 4) is 0 Å². The van der Waals surface area contributed by atoms with E-state index in [9.17, 15) is 23.1 Å². The Morgan fingerprint density at radius 1 is 1.23 bits per heavy atom.